The number of hydrogen-bond donors (Lipinski definition) is 0. The van der Waals surface area contributed by atoms with Gasteiger partial charge in [-0.05, 0) is 59.9 Å². The van der Waals surface area contributed by atoms with E-state index in [0.717, 1.165) is 12.1 Å². The highest BCUT2D eigenvalue weighted by atomic mass is 15.0. The van der Waals surface area contributed by atoms with E-state index in [1.807, 2.05) is 33.9 Å². The topological polar surface area (TPSA) is 17.3 Å². The highest BCUT2D eigenvalue weighted by molar-refractivity contribution is 6.12. The van der Waals surface area contributed by atoms with Crippen molar-refractivity contribution >= 4 is 27.3 Å². The predicted molar refractivity (Wildman–Crippen MR) is 183 cm³/mol. The molecule has 216 valence electrons. The van der Waals surface area contributed by atoms with Crippen molar-refractivity contribution in [3.63, 3.8) is 0 Å². The van der Waals surface area contributed by atoms with Crippen LogP contribution in [0.4, 0.5) is 0 Å². The van der Waals surface area contributed by atoms with Crippen molar-refractivity contribution in [1.82, 2.24) is 9.38 Å². The Labute approximate surface area is 245 Å². The van der Waals surface area contributed by atoms with E-state index in [2.05, 4.69) is 127 Å². The average Bonchev–Trinajstić information content (AvgIpc) is 3.40. The van der Waals surface area contributed by atoms with Crippen LogP contribution in [0.15, 0.2) is 80.0 Å². The van der Waals surface area contributed by atoms with Crippen LogP contribution in [0.2, 0.25) is 0 Å². The summed E-state index contributed by atoms with van der Waals surface area (Å²) in [5.74, 6) is 0. The van der Waals surface area contributed by atoms with Gasteiger partial charge in [0, 0.05) is 16.3 Å². The van der Waals surface area contributed by atoms with Crippen LogP contribution < -0.4 is 0 Å². The summed E-state index contributed by atoms with van der Waals surface area (Å²) in [6.07, 6.45) is 5.74. The number of fused-ring (bicyclic) bond motifs is 6. The van der Waals surface area contributed by atoms with E-state index in [1.165, 1.54) is 62.5 Å². The van der Waals surface area contributed by atoms with Crippen LogP contribution in [0, 0.1) is 19.3 Å². The third kappa shape index (κ3) is 8.07. The number of aromatic nitrogens is 2. The molecule has 0 bridgehead atoms. The van der Waals surface area contributed by atoms with E-state index in [4.69, 9.17) is 4.98 Å². The Morgan fingerprint density at radius 3 is 1.80 bits per heavy atom. The molecule has 0 radical (unpaired) electrons. The Hall–Kier alpha value is -3.39. The van der Waals surface area contributed by atoms with Gasteiger partial charge in [0.15, 0.2) is 0 Å². The van der Waals surface area contributed by atoms with Gasteiger partial charge in [-0.1, -0.05) is 124 Å². The van der Waals surface area contributed by atoms with Crippen LogP contribution in [0.5, 0.6) is 0 Å². The number of imidazole rings is 1. The van der Waals surface area contributed by atoms with Gasteiger partial charge in [-0.3, -0.25) is 4.40 Å². The molecule has 0 saturated carbocycles. The second kappa shape index (κ2) is 16.7. The standard InChI is InChI=1S/C28H28N2.C4H10.2C2H6.C2H4/c1-18-9-8-10-19(2)26(18)25-17-29-27-22-12-7-6-11-21(22)23-15-20(16-28(3,4)5)13-14-24(23)30(25)27;1-3-4-2;3*1-2/h6-15,17H,16H2,1-5H3;3-4H2,1-2H3;2*1-2H3;1-2H2. The summed E-state index contributed by atoms with van der Waals surface area (Å²) in [5, 5.41) is 3.77. The van der Waals surface area contributed by atoms with Gasteiger partial charge in [0.25, 0.3) is 0 Å². The Balaban J connectivity index is 0.000000712. The number of rotatable bonds is 3. The van der Waals surface area contributed by atoms with Crippen molar-refractivity contribution < 1.29 is 0 Å². The maximum Gasteiger partial charge on any atom is 0.145 e. The van der Waals surface area contributed by atoms with Gasteiger partial charge < -0.3 is 0 Å². The molecule has 5 aromatic rings. The molecular weight excluding hydrogens is 484 g/mol. The fourth-order valence-electron chi connectivity index (χ4n) is 4.81. The molecule has 0 unspecified atom stereocenters. The molecule has 40 heavy (non-hydrogen) atoms. The molecule has 2 nitrogen and oxygen atoms in total. The lowest BCUT2D eigenvalue weighted by atomic mass is 9.87. The van der Waals surface area contributed by atoms with Crippen molar-refractivity contribution in [1.29, 1.82) is 0 Å². The van der Waals surface area contributed by atoms with Crippen molar-refractivity contribution in [2.24, 2.45) is 5.41 Å². The van der Waals surface area contributed by atoms with Gasteiger partial charge >= 0.3 is 0 Å². The van der Waals surface area contributed by atoms with Gasteiger partial charge in [0.1, 0.15) is 5.65 Å². The molecule has 0 atom stereocenters. The number of benzene rings is 3. The minimum Gasteiger partial charge on any atom is -0.292 e. The van der Waals surface area contributed by atoms with Crippen molar-refractivity contribution in [2.75, 3.05) is 0 Å². The highest BCUT2D eigenvalue weighted by Crippen LogP contribution is 2.36. The molecule has 2 heterocycles. The lowest BCUT2D eigenvalue weighted by molar-refractivity contribution is 0.411. The first kappa shape index (κ1) is 34.6. The number of aryl methyl sites for hydroxylation is 2. The summed E-state index contributed by atoms with van der Waals surface area (Å²) in [6, 6.07) is 22.1. The number of unbranched alkanes of at least 4 members (excludes halogenated alkanes) is 1. The molecule has 0 spiro atoms. The second-order valence-electron chi connectivity index (χ2n) is 10.7. The molecular formula is C38H54N2. The maximum atomic E-state index is 4.90. The van der Waals surface area contributed by atoms with Crippen LogP contribution in [0.25, 0.3) is 38.6 Å². The second-order valence-corrected chi connectivity index (χ2v) is 10.7. The predicted octanol–water partition coefficient (Wildman–Crippen LogP) is 12.2. The molecule has 0 aliphatic rings. The van der Waals surface area contributed by atoms with E-state index >= 15 is 0 Å². The molecule has 2 aromatic heterocycles. The van der Waals surface area contributed by atoms with E-state index in [-0.39, 0.29) is 5.41 Å². The highest BCUT2D eigenvalue weighted by Gasteiger charge is 2.18. The third-order valence-corrected chi connectivity index (χ3v) is 6.49. The van der Waals surface area contributed by atoms with Crippen molar-refractivity contribution in [2.45, 2.75) is 95.4 Å². The zero-order valence-electron chi connectivity index (χ0n) is 27.3. The van der Waals surface area contributed by atoms with Crippen LogP contribution in [-0.2, 0) is 6.42 Å². The number of hydrogen-bond acceptors (Lipinski definition) is 1. The number of nitrogens with zero attached hydrogens (tertiary/aromatic N) is 2. The quantitative estimate of drug-likeness (QED) is 0.165. The van der Waals surface area contributed by atoms with Crippen LogP contribution in [-0.4, -0.2) is 9.38 Å². The van der Waals surface area contributed by atoms with E-state index in [1.54, 1.807) is 0 Å². The summed E-state index contributed by atoms with van der Waals surface area (Å²) in [7, 11) is 0. The number of pyridine rings is 1. The van der Waals surface area contributed by atoms with Gasteiger partial charge in [0.2, 0.25) is 0 Å². The Morgan fingerprint density at radius 1 is 0.725 bits per heavy atom. The van der Waals surface area contributed by atoms with Gasteiger partial charge in [-0.2, -0.15) is 0 Å². The van der Waals surface area contributed by atoms with Crippen molar-refractivity contribution in [3.8, 4) is 11.3 Å². The fraction of sp³-hybridized carbons (Fsp3) is 0.395. The SMILES string of the molecule is C=C.CC.CC.CCCC.Cc1cccc(C)c1-c1cnc2c3ccccc3c3cc(CC(C)(C)C)ccc3n12. The monoisotopic (exact) mass is 538 g/mol. The Morgan fingerprint density at radius 2 is 1.27 bits per heavy atom. The summed E-state index contributed by atoms with van der Waals surface area (Å²) >= 11 is 0. The Bertz CT molecular complexity index is 1440. The normalized spacial score (nSPS) is 10.4. The molecule has 0 amide bonds. The molecule has 0 fully saturated rings. The summed E-state index contributed by atoms with van der Waals surface area (Å²) in [6.45, 7) is 29.6. The zero-order valence-corrected chi connectivity index (χ0v) is 27.3. The summed E-state index contributed by atoms with van der Waals surface area (Å²) in [5.41, 5.74) is 8.89. The smallest absolute Gasteiger partial charge is 0.145 e. The largest absolute Gasteiger partial charge is 0.292 e. The van der Waals surface area contributed by atoms with Gasteiger partial charge in [-0.15, -0.1) is 13.2 Å². The van der Waals surface area contributed by atoms with Gasteiger partial charge in [0.05, 0.1) is 17.4 Å². The minimum absolute atomic E-state index is 0.256. The Kier molecular flexibility index (Phi) is 14.4. The molecule has 0 saturated heterocycles. The first-order chi connectivity index (χ1) is 19.2. The lowest BCUT2D eigenvalue weighted by Gasteiger charge is -2.19. The molecule has 2 heteroatoms. The molecule has 0 aliphatic carbocycles. The third-order valence-electron chi connectivity index (χ3n) is 6.49. The van der Waals surface area contributed by atoms with Crippen LogP contribution >= 0.6 is 0 Å². The molecule has 0 N–H and O–H groups in total. The molecule has 5 rings (SSSR count). The zero-order chi connectivity index (χ0) is 30.5. The van der Waals surface area contributed by atoms with Crippen molar-refractivity contribution in [3.05, 3.63) is 96.7 Å². The molecule has 0 aliphatic heterocycles. The summed E-state index contributed by atoms with van der Waals surface area (Å²) in [4.78, 5) is 4.90. The lowest BCUT2D eigenvalue weighted by Crippen LogP contribution is -2.09. The first-order valence-electron chi connectivity index (χ1n) is 15.1. The average molecular weight is 539 g/mol. The minimum atomic E-state index is 0.256. The summed E-state index contributed by atoms with van der Waals surface area (Å²) < 4.78 is 2.36. The maximum absolute atomic E-state index is 4.90. The first-order valence-corrected chi connectivity index (χ1v) is 15.1. The fourth-order valence-corrected chi connectivity index (χ4v) is 4.81. The van der Waals surface area contributed by atoms with Crippen LogP contribution in [0.1, 0.15) is 91.8 Å². The van der Waals surface area contributed by atoms with E-state index < -0.39 is 0 Å². The van der Waals surface area contributed by atoms with E-state index in [0.29, 0.717) is 0 Å². The molecule has 3 aromatic carbocycles. The van der Waals surface area contributed by atoms with Gasteiger partial charge in [-0.25, -0.2) is 4.98 Å². The van der Waals surface area contributed by atoms with E-state index in [9.17, 15) is 0 Å². The van der Waals surface area contributed by atoms with Crippen LogP contribution in [0.3, 0.4) is 0 Å².